The summed E-state index contributed by atoms with van der Waals surface area (Å²) in [5.74, 6) is -0.347. The molecule has 2 aromatic carbocycles. The number of amides is 1. The van der Waals surface area contributed by atoms with Gasteiger partial charge in [0.05, 0.1) is 12.3 Å². The molecule has 29 heavy (non-hydrogen) atoms. The predicted octanol–water partition coefficient (Wildman–Crippen LogP) is 3.79. The monoisotopic (exact) mass is 428 g/mol. The van der Waals surface area contributed by atoms with Crippen molar-refractivity contribution < 1.29 is 9.18 Å². The highest BCUT2D eigenvalue weighted by atomic mass is 35.5. The van der Waals surface area contributed by atoms with Crippen LogP contribution in [-0.2, 0) is 11.3 Å². The lowest BCUT2D eigenvalue weighted by Crippen LogP contribution is -2.14. The van der Waals surface area contributed by atoms with E-state index >= 15 is 0 Å². The number of rotatable bonds is 6. The lowest BCUT2D eigenvalue weighted by Gasteiger charge is -2.05. The van der Waals surface area contributed by atoms with Gasteiger partial charge in [-0.3, -0.25) is 4.79 Å². The zero-order chi connectivity index (χ0) is 20.2. The molecule has 10 heteroatoms. The average molecular weight is 429 g/mol. The number of nitrogens with zero attached hydrogens (tertiary/aromatic N) is 5. The minimum absolute atomic E-state index is 0.142. The Morgan fingerprint density at radius 2 is 2.00 bits per heavy atom. The number of carbonyl (C=O) groups excluding carboxylic acids is 1. The van der Waals surface area contributed by atoms with Crippen LogP contribution in [0.3, 0.4) is 0 Å². The highest BCUT2D eigenvalue weighted by molar-refractivity contribution is 8.00. The summed E-state index contributed by atoms with van der Waals surface area (Å²) in [5.41, 5.74) is 2.55. The number of nitrogens with one attached hydrogen (secondary N) is 1. The molecule has 0 unspecified atom stereocenters. The second kappa shape index (κ2) is 8.54. The summed E-state index contributed by atoms with van der Waals surface area (Å²) < 4.78 is 14.7. The Morgan fingerprint density at radius 1 is 1.17 bits per heavy atom. The zero-order valence-electron chi connectivity index (χ0n) is 14.9. The van der Waals surface area contributed by atoms with Crippen molar-refractivity contribution in [2.45, 2.75) is 11.6 Å². The minimum atomic E-state index is -0.297. The first kappa shape index (κ1) is 19.3. The molecule has 0 atom stereocenters. The van der Waals surface area contributed by atoms with E-state index in [0.717, 1.165) is 5.56 Å². The van der Waals surface area contributed by atoms with E-state index in [1.54, 1.807) is 41.1 Å². The quantitative estimate of drug-likeness (QED) is 0.371. The average Bonchev–Trinajstić information content (AvgIpc) is 3.12. The molecule has 0 radical (unpaired) electrons. The summed E-state index contributed by atoms with van der Waals surface area (Å²) in [4.78, 5) is 20.7. The van der Waals surface area contributed by atoms with Crippen LogP contribution in [-0.4, -0.2) is 36.6 Å². The lowest BCUT2D eigenvalue weighted by molar-refractivity contribution is -0.113. The first-order valence-electron chi connectivity index (χ1n) is 8.55. The van der Waals surface area contributed by atoms with Crippen LogP contribution in [0, 0.1) is 5.82 Å². The molecule has 0 spiro atoms. The third-order valence-electron chi connectivity index (χ3n) is 3.96. The van der Waals surface area contributed by atoms with Gasteiger partial charge in [-0.15, -0.1) is 5.10 Å². The molecule has 0 bridgehead atoms. The van der Waals surface area contributed by atoms with Crippen LogP contribution in [0.25, 0.3) is 11.2 Å². The lowest BCUT2D eigenvalue weighted by atomic mass is 10.2. The molecule has 2 aromatic heterocycles. The first-order valence-corrected chi connectivity index (χ1v) is 9.92. The van der Waals surface area contributed by atoms with Crippen molar-refractivity contribution in [3.63, 3.8) is 0 Å². The van der Waals surface area contributed by atoms with Crippen molar-refractivity contribution in [3.8, 4) is 0 Å². The maximum atomic E-state index is 13.1. The maximum Gasteiger partial charge on any atom is 0.234 e. The summed E-state index contributed by atoms with van der Waals surface area (Å²) in [6, 6.07) is 13.1. The van der Waals surface area contributed by atoms with Crippen LogP contribution in [0.1, 0.15) is 5.56 Å². The van der Waals surface area contributed by atoms with Gasteiger partial charge in [-0.1, -0.05) is 46.8 Å². The summed E-state index contributed by atoms with van der Waals surface area (Å²) in [5, 5.41) is 12.2. The van der Waals surface area contributed by atoms with Gasteiger partial charge in [-0.2, -0.15) is 0 Å². The van der Waals surface area contributed by atoms with E-state index in [-0.39, 0.29) is 17.5 Å². The summed E-state index contributed by atoms with van der Waals surface area (Å²) in [7, 11) is 0. The van der Waals surface area contributed by atoms with E-state index in [1.807, 2.05) is 0 Å². The predicted molar refractivity (Wildman–Crippen MR) is 109 cm³/mol. The van der Waals surface area contributed by atoms with Crippen LogP contribution in [0.15, 0.2) is 59.9 Å². The molecule has 1 amide bonds. The van der Waals surface area contributed by atoms with Crippen LogP contribution in [0.5, 0.6) is 0 Å². The second-order valence-electron chi connectivity index (χ2n) is 6.07. The summed E-state index contributed by atoms with van der Waals surface area (Å²) >= 11 is 7.17. The molecule has 0 fully saturated rings. The molecule has 0 aliphatic heterocycles. The number of carbonyl (C=O) groups is 1. The van der Waals surface area contributed by atoms with E-state index in [4.69, 9.17) is 11.6 Å². The molecule has 0 saturated heterocycles. The van der Waals surface area contributed by atoms with Gasteiger partial charge in [-0.25, -0.2) is 19.0 Å². The SMILES string of the molecule is O=C(CSc1ncnc2c1nnn2Cc1ccc(F)cc1)Nc1cccc(Cl)c1. The Labute approximate surface area is 174 Å². The fraction of sp³-hybridized carbons (Fsp3) is 0.105. The molecule has 0 aliphatic rings. The van der Waals surface area contributed by atoms with E-state index in [1.165, 1.54) is 30.2 Å². The molecule has 4 rings (SSSR count). The highest BCUT2D eigenvalue weighted by Gasteiger charge is 2.14. The zero-order valence-corrected chi connectivity index (χ0v) is 16.5. The van der Waals surface area contributed by atoms with Crippen molar-refractivity contribution >= 4 is 46.1 Å². The van der Waals surface area contributed by atoms with Crippen molar-refractivity contribution in [2.24, 2.45) is 0 Å². The Kier molecular flexibility index (Phi) is 5.68. The van der Waals surface area contributed by atoms with Crippen molar-refractivity contribution in [3.05, 3.63) is 71.3 Å². The number of halogens is 2. The summed E-state index contributed by atoms with van der Waals surface area (Å²) in [6.07, 6.45) is 1.41. The molecule has 0 saturated carbocycles. The number of benzene rings is 2. The van der Waals surface area contributed by atoms with Crippen LogP contribution < -0.4 is 5.32 Å². The van der Waals surface area contributed by atoms with Crippen LogP contribution in [0.2, 0.25) is 5.02 Å². The largest absolute Gasteiger partial charge is 0.325 e. The first-order chi connectivity index (χ1) is 14.1. The fourth-order valence-electron chi connectivity index (χ4n) is 2.64. The number of hydrogen-bond acceptors (Lipinski definition) is 6. The summed E-state index contributed by atoms with van der Waals surface area (Å²) in [6.45, 7) is 0.396. The normalized spacial score (nSPS) is 11.0. The standard InChI is InChI=1S/C19H14ClFN6OS/c20-13-2-1-3-15(8-13)24-16(28)10-29-19-17-18(22-11-23-19)27(26-25-17)9-12-4-6-14(21)7-5-12/h1-8,11H,9-10H2,(H,24,28). The highest BCUT2D eigenvalue weighted by Crippen LogP contribution is 2.23. The van der Waals surface area contributed by atoms with Gasteiger partial charge >= 0.3 is 0 Å². The molecule has 146 valence electrons. The van der Waals surface area contributed by atoms with E-state index in [2.05, 4.69) is 25.6 Å². The second-order valence-corrected chi connectivity index (χ2v) is 7.47. The number of hydrogen-bond donors (Lipinski definition) is 1. The third-order valence-corrected chi connectivity index (χ3v) is 5.17. The van der Waals surface area contributed by atoms with Gasteiger partial charge in [0.1, 0.15) is 17.2 Å². The minimum Gasteiger partial charge on any atom is -0.325 e. The van der Waals surface area contributed by atoms with Crippen LogP contribution in [0.4, 0.5) is 10.1 Å². The molecule has 0 aliphatic carbocycles. The molecule has 4 aromatic rings. The molecular weight excluding hydrogens is 415 g/mol. The van der Waals surface area contributed by atoms with E-state index < -0.39 is 0 Å². The van der Waals surface area contributed by atoms with Crippen LogP contribution >= 0.6 is 23.4 Å². The van der Waals surface area contributed by atoms with Gasteiger partial charge in [-0.05, 0) is 35.9 Å². The molecule has 2 heterocycles. The number of fused-ring (bicyclic) bond motifs is 1. The van der Waals surface area contributed by atoms with Crippen molar-refractivity contribution in [1.82, 2.24) is 25.0 Å². The number of anilines is 1. The Morgan fingerprint density at radius 3 is 2.79 bits per heavy atom. The Hall–Kier alpha value is -3.04. The number of thioether (sulfide) groups is 1. The van der Waals surface area contributed by atoms with Gasteiger partial charge in [0.25, 0.3) is 0 Å². The molecular formula is C19H14ClFN6OS. The number of aromatic nitrogens is 5. The molecule has 7 nitrogen and oxygen atoms in total. The topological polar surface area (TPSA) is 85.6 Å². The van der Waals surface area contributed by atoms with Crippen molar-refractivity contribution in [1.29, 1.82) is 0 Å². The van der Waals surface area contributed by atoms with Crippen molar-refractivity contribution in [2.75, 3.05) is 11.1 Å². The Bertz CT molecular complexity index is 1170. The van der Waals surface area contributed by atoms with Gasteiger partial charge in [0.2, 0.25) is 5.91 Å². The Balaban J connectivity index is 1.46. The smallest absolute Gasteiger partial charge is 0.234 e. The van der Waals surface area contributed by atoms with E-state index in [0.29, 0.717) is 33.4 Å². The third kappa shape index (κ3) is 4.69. The van der Waals surface area contributed by atoms with Gasteiger partial charge in [0.15, 0.2) is 11.2 Å². The maximum absolute atomic E-state index is 13.1. The van der Waals surface area contributed by atoms with Gasteiger partial charge < -0.3 is 5.32 Å². The van der Waals surface area contributed by atoms with E-state index in [9.17, 15) is 9.18 Å². The molecule has 1 N–H and O–H groups in total. The fourth-order valence-corrected chi connectivity index (χ4v) is 3.56. The van der Waals surface area contributed by atoms with Gasteiger partial charge in [0, 0.05) is 10.7 Å².